The molecular weight excluding hydrogens is 192 g/mol. The fourth-order valence-corrected chi connectivity index (χ4v) is 2.17. The quantitative estimate of drug-likeness (QED) is 0.636. The van der Waals surface area contributed by atoms with Crippen LogP contribution in [0.25, 0.3) is 0 Å². The molecule has 3 heteroatoms. The van der Waals surface area contributed by atoms with E-state index in [0.29, 0.717) is 19.3 Å². The molecule has 0 amide bonds. The first kappa shape index (κ1) is 12.0. The molecule has 15 heavy (non-hydrogen) atoms. The summed E-state index contributed by atoms with van der Waals surface area (Å²) in [5.41, 5.74) is 0. The lowest BCUT2D eigenvalue weighted by molar-refractivity contribution is -0.307. The van der Waals surface area contributed by atoms with Crippen molar-refractivity contribution < 1.29 is 14.7 Å². The van der Waals surface area contributed by atoms with Crippen LogP contribution in [0.15, 0.2) is 12.2 Å². The molecule has 0 heterocycles. The zero-order chi connectivity index (χ0) is 11.3. The van der Waals surface area contributed by atoms with Gasteiger partial charge in [-0.1, -0.05) is 19.1 Å². The maximum absolute atomic E-state index is 11.5. The Kier molecular flexibility index (Phi) is 4.53. The summed E-state index contributed by atoms with van der Waals surface area (Å²) in [4.78, 5) is 22.0. The molecule has 0 N–H and O–H groups in total. The van der Waals surface area contributed by atoms with Gasteiger partial charge < -0.3 is 9.90 Å². The largest absolute Gasteiger partial charge is 0.550 e. The van der Waals surface area contributed by atoms with E-state index in [2.05, 4.69) is 0 Å². The number of carbonyl (C=O) groups is 2. The van der Waals surface area contributed by atoms with E-state index in [1.165, 1.54) is 0 Å². The summed E-state index contributed by atoms with van der Waals surface area (Å²) < 4.78 is 0. The molecule has 0 radical (unpaired) electrons. The molecule has 1 rings (SSSR count). The number of carboxylic acid groups (broad SMARTS) is 1. The van der Waals surface area contributed by atoms with Crippen molar-refractivity contribution in [1.29, 1.82) is 0 Å². The molecule has 0 unspecified atom stereocenters. The molecule has 0 aromatic carbocycles. The summed E-state index contributed by atoms with van der Waals surface area (Å²) in [6, 6.07) is 0. The van der Waals surface area contributed by atoms with Crippen LogP contribution in [0, 0.1) is 11.8 Å². The molecule has 0 aromatic heterocycles. The van der Waals surface area contributed by atoms with E-state index in [1.807, 2.05) is 19.1 Å². The molecule has 3 nitrogen and oxygen atoms in total. The van der Waals surface area contributed by atoms with Gasteiger partial charge in [-0.2, -0.15) is 0 Å². The molecule has 0 bridgehead atoms. The molecule has 1 saturated carbocycles. The molecule has 0 spiro atoms. The summed E-state index contributed by atoms with van der Waals surface area (Å²) in [6.07, 6.45) is 6.89. The maximum atomic E-state index is 11.5. The van der Waals surface area contributed by atoms with E-state index in [-0.39, 0.29) is 24.0 Å². The van der Waals surface area contributed by atoms with Crippen LogP contribution in [0.3, 0.4) is 0 Å². The van der Waals surface area contributed by atoms with Gasteiger partial charge in [0.15, 0.2) is 0 Å². The van der Waals surface area contributed by atoms with E-state index in [9.17, 15) is 14.7 Å². The van der Waals surface area contributed by atoms with Crippen molar-refractivity contribution in [3.05, 3.63) is 12.2 Å². The van der Waals surface area contributed by atoms with Crippen molar-refractivity contribution in [1.82, 2.24) is 0 Å². The number of hydrogen-bond acceptors (Lipinski definition) is 3. The number of carboxylic acids is 1. The minimum atomic E-state index is -1.04. The highest BCUT2D eigenvalue weighted by atomic mass is 16.4. The van der Waals surface area contributed by atoms with E-state index in [0.717, 1.165) is 6.42 Å². The Labute approximate surface area is 90.2 Å². The van der Waals surface area contributed by atoms with Gasteiger partial charge in [-0.15, -0.1) is 0 Å². The lowest BCUT2D eigenvalue weighted by Gasteiger charge is -2.17. The number of allylic oxidation sites excluding steroid dienone is 2. The molecule has 1 aliphatic carbocycles. The Morgan fingerprint density at radius 3 is 2.87 bits per heavy atom. The lowest BCUT2D eigenvalue weighted by atomic mass is 9.89. The van der Waals surface area contributed by atoms with Crippen LogP contribution in [0.2, 0.25) is 0 Å². The number of Topliss-reactive ketones (excluding diaryl/α,β-unsaturated/α-hetero) is 1. The Morgan fingerprint density at radius 2 is 2.27 bits per heavy atom. The third kappa shape index (κ3) is 3.50. The highest BCUT2D eigenvalue weighted by Crippen LogP contribution is 2.33. The van der Waals surface area contributed by atoms with Gasteiger partial charge in [0.2, 0.25) is 0 Å². The average molecular weight is 209 g/mol. The standard InChI is InChI=1S/C12H18O3/c1-2-3-4-5-10-9(8-12(14)15)6-7-11(10)13/h3-4,9-10H,2,5-8H2,1H3,(H,14,15)/p-1/b4-3+/t9-,10-/m0/s1. The summed E-state index contributed by atoms with van der Waals surface area (Å²) in [5.74, 6) is -0.934. The van der Waals surface area contributed by atoms with Gasteiger partial charge in [0, 0.05) is 18.3 Å². The topological polar surface area (TPSA) is 57.2 Å². The van der Waals surface area contributed by atoms with Gasteiger partial charge in [0.1, 0.15) is 5.78 Å². The lowest BCUT2D eigenvalue weighted by Crippen LogP contribution is -2.27. The number of carbonyl (C=O) groups excluding carboxylic acids is 2. The highest BCUT2D eigenvalue weighted by Gasteiger charge is 2.33. The van der Waals surface area contributed by atoms with Crippen LogP contribution in [-0.2, 0) is 9.59 Å². The van der Waals surface area contributed by atoms with Crippen LogP contribution in [0.5, 0.6) is 0 Å². The van der Waals surface area contributed by atoms with Crippen molar-refractivity contribution in [2.24, 2.45) is 11.8 Å². The zero-order valence-electron chi connectivity index (χ0n) is 9.07. The average Bonchev–Trinajstić information content (AvgIpc) is 2.49. The van der Waals surface area contributed by atoms with E-state index in [1.54, 1.807) is 0 Å². The Balaban J connectivity index is 2.52. The Hall–Kier alpha value is -1.12. The number of hydrogen-bond donors (Lipinski definition) is 0. The fraction of sp³-hybridized carbons (Fsp3) is 0.667. The van der Waals surface area contributed by atoms with Crippen LogP contribution >= 0.6 is 0 Å². The minimum Gasteiger partial charge on any atom is -0.550 e. The van der Waals surface area contributed by atoms with E-state index < -0.39 is 5.97 Å². The normalized spacial score (nSPS) is 26.3. The maximum Gasteiger partial charge on any atom is 0.136 e. The molecule has 0 saturated heterocycles. The first-order chi connectivity index (χ1) is 7.15. The third-order valence-electron chi connectivity index (χ3n) is 2.97. The molecule has 84 valence electrons. The fourth-order valence-electron chi connectivity index (χ4n) is 2.17. The van der Waals surface area contributed by atoms with Gasteiger partial charge in [-0.25, -0.2) is 0 Å². The molecular formula is C12H17O3-. The van der Waals surface area contributed by atoms with Gasteiger partial charge in [0.05, 0.1) is 0 Å². The summed E-state index contributed by atoms with van der Waals surface area (Å²) in [7, 11) is 0. The van der Waals surface area contributed by atoms with Crippen molar-refractivity contribution in [3.8, 4) is 0 Å². The number of aliphatic carboxylic acids is 1. The third-order valence-corrected chi connectivity index (χ3v) is 2.97. The van der Waals surface area contributed by atoms with Crippen LogP contribution in [-0.4, -0.2) is 11.8 Å². The summed E-state index contributed by atoms with van der Waals surface area (Å²) >= 11 is 0. The molecule has 1 aliphatic rings. The van der Waals surface area contributed by atoms with Crippen LogP contribution in [0.1, 0.15) is 39.0 Å². The minimum absolute atomic E-state index is 0.0102. The second kappa shape index (κ2) is 5.69. The molecule has 1 fully saturated rings. The Bertz CT molecular complexity index is 268. The molecule has 0 aromatic rings. The van der Waals surface area contributed by atoms with Gasteiger partial charge >= 0.3 is 0 Å². The monoisotopic (exact) mass is 209 g/mol. The van der Waals surface area contributed by atoms with Crippen LogP contribution < -0.4 is 5.11 Å². The van der Waals surface area contributed by atoms with E-state index >= 15 is 0 Å². The number of ketones is 1. The van der Waals surface area contributed by atoms with Gasteiger partial charge in [0.25, 0.3) is 0 Å². The predicted octanol–water partition coefficient (Wildman–Crippen LogP) is 1.08. The second-order valence-corrected chi connectivity index (χ2v) is 4.06. The summed E-state index contributed by atoms with van der Waals surface area (Å²) in [5, 5.41) is 10.5. The first-order valence-electron chi connectivity index (χ1n) is 5.52. The van der Waals surface area contributed by atoms with Gasteiger partial charge in [-0.3, -0.25) is 4.79 Å². The highest BCUT2D eigenvalue weighted by molar-refractivity contribution is 5.84. The second-order valence-electron chi connectivity index (χ2n) is 4.06. The van der Waals surface area contributed by atoms with E-state index in [4.69, 9.17) is 0 Å². The molecule has 0 aliphatic heterocycles. The van der Waals surface area contributed by atoms with Gasteiger partial charge in [-0.05, 0) is 31.6 Å². The smallest absolute Gasteiger partial charge is 0.136 e. The Morgan fingerprint density at radius 1 is 1.53 bits per heavy atom. The van der Waals surface area contributed by atoms with Crippen molar-refractivity contribution >= 4 is 11.8 Å². The van der Waals surface area contributed by atoms with Crippen molar-refractivity contribution in [2.45, 2.75) is 39.0 Å². The van der Waals surface area contributed by atoms with Crippen molar-refractivity contribution in [2.75, 3.05) is 0 Å². The zero-order valence-corrected chi connectivity index (χ0v) is 9.07. The van der Waals surface area contributed by atoms with Crippen molar-refractivity contribution in [3.63, 3.8) is 0 Å². The first-order valence-corrected chi connectivity index (χ1v) is 5.52. The van der Waals surface area contributed by atoms with Crippen LogP contribution in [0.4, 0.5) is 0 Å². The SMILES string of the molecule is CC/C=C/C[C@@H]1C(=O)CC[C@H]1CC(=O)[O-]. The predicted molar refractivity (Wildman–Crippen MR) is 54.9 cm³/mol. The number of rotatable bonds is 5. The molecule has 2 atom stereocenters. The summed E-state index contributed by atoms with van der Waals surface area (Å²) in [6.45, 7) is 2.03.